The fourth-order valence-electron chi connectivity index (χ4n) is 2.61. The Labute approximate surface area is 163 Å². The van der Waals surface area contributed by atoms with Crippen molar-refractivity contribution < 1.29 is 0 Å². The molecule has 0 fully saturated rings. The molecule has 0 aliphatic rings. The van der Waals surface area contributed by atoms with Crippen molar-refractivity contribution in [2.45, 2.75) is 19.4 Å². The summed E-state index contributed by atoms with van der Waals surface area (Å²) in [6.45, 7) is 3.66. The summed E-state index contributed by atoms with van der Waals surface area (Å²) in [6, 6.07) is 3.31. The van der Waals surface area contributed by atoms with E-state index >= 15 is 0 Å². The van der Waals surface area contributed by atoms with Crippen LogP contribution in [0.3, 0.4) is 0 Å². The Morgan fingerprint density at radius 3 is 2.48 bits per heavy atom. The number of hydrogen-bond acceptors (Lipinski definition) is 4. The van der Waals surface area contributed by atoms with E-state index in [4.69, 9.17) is 46.4 Å². The second kappa shape index (κ2) is 6.80. The molecule has 0 amide bonds. The number of pyridine rings is 1. The van der Waals surface area contributed by atoms with Gasteiger partial charge in [0.05, 0.1) is 27.2 Å². The fraction of sp³-hybridized carbons (Fsp3) is 0.312. The summed E-state index contributed by atoms with van der Waals surface area (Å²) in [5, 5.41) is 5.55. The average Bonchev–Trinajstić information content (AvgIpc) is 2.52. The number of alkyl halides is 2. The van der Waals surface area contributed by atoms with E-state index in [-0.39, 0.29) is 11.8 Å². The van der Waals surface area contributed by atoms with E-state index in [9.17, 15) is 4.79 Å². The van der Waals surface area contributed by atoms with Crippen LogP contribution in [0.4, 0.5) is 5.69 Å². The molecule has 0 aliphatic carbocycles. The molecule has 0 radical (unpaired) electrons. The summed E-state index contributed by atoms with van der Waals surface area (Å²) >= 11 is 24.7. The van der Waals surface area contributed by atoms with Gasteiger partial charge in [0.25, 0.3) is 0 Å². The highest BCUT2D eigenvalue weighted by Crippen LogP contribution is 2.38. The van der Waals surface area contributed by atoms with Gasteiger partial charge in [0.1, 0.15) is 0 Å². The van der Waals surface area contributed by atoms with Crippen molar-refractivity contribution in [3.8, 4) is 0 Å². The van der Waals surface area contributed by atoms with Crippen molar-refractivity contribution in [1.82, 2.24) is 15.0 Å². The van der Waals surface area contributed by atoms with Gasteiger partial charge in [0, 0.05) is 27.9 Å². The summed E-state index contributed by atoms with van der Waals surface area (Å²) in [5.41, 5.74) is 1.01. The van der Waals surface area contributed by atoms with Crippen molar-refractivity contribution in [3.63, 3.8) is 0 Å². The van der Waals surface area contributed by atoms with Crippen LogP contribution in [-0.2, 0) is 0 Å². The molecule has 1 aromatic carbocycles. The van der Waals surface area contributed by atoms with Gasteiger partial charge < -0.3 is 10.3 Å². The van der Waals surface area contributed by atoms with Crippen LogP contribution in [0.2, 0.25) is 10.0 Å². The van der Waals surface area contributed by atoms with E-state index in [0.29, 0.717) is 43.4 Å². The van der Waals surface area contributed by atoms with E-state index < -0.39 is 11.2 Å². The first-order valence-corrected chi connectivity index (χ1v) is 9.20. The maximum absolute atomic E-state index is 11.8. The van der Waals surface area contributed by atoms with Gasteiger partial charge in [-0.15, -0.1) is 23.2 Å². The highest BCUT2D eigenvalue weighted by Gasteiger charge is 2.26. The molecule has 0 atom stereocenters. The largest absolute Gasteiger partial charge is 0.376 e. The molecule has 0 bridgehead atoms. The van der Waals surface area contributed by atoms with Crippen molar-refractivity contribution in [1.29, 1.82) is 0 Å². The summed E-state index contributed by atoms with van der Waals surface area (Å²) in [4.78, 5) is 22.9. The van der Waals surface area contributed by atoms with Gasteiger partial charge in [0.15, 0.2) is 5.65 Å². The van der Waals surface area contributed by atoms with E-state index in [1.165, 1.54) is 0 Å². The van der Waals surface area contributed by atoms with Crippen LogP contribution in [0.25, 0.3) is 21.9 Å². The number of aryl methyl sites for hydroxylation is 1. The molecule has 0 unspecified atom stereocenters. The number of hydrogen-bond donors (Lipinski definition) is 2. The number of H-pyrrole nitrogens is 1. The zero-order valence-corrected chi connectivity index (χ0v) is 16.4. The van der Waals surface area contributed by atoms with Gasteiger partial charge in [-0.25, -0.2) is 9.78 Å². The number of nitrogens with zero attached hydrogens (tertiary/aromatic N) is 2. The Morgan fingerprint density at radius 2 is 1.84 bits per heavy atom. The first-order chi connectivity index (χ1) is 11.8. The molecule has 132 valence electrons. The van der Waals surface area contributed by atoms with E-state index in [1.54, 1.807) is 19.1 Å². The predicted octanol–water partition coefficient (Wildman–Crippen LogP) is 4.73. The molecular formula is C16H14Cl4N4O. The lowest BCUT2D eigenvalue weighted by molar-refractivity contribution is 0.651. The van der Waals surface area contributed by atoms with Crippen LogP contribution in [0.1, 0.15) is 12.6 Å². The third-order valence-electron chi connectivity index (χ3n) is 3.88. The van der Waals surface area contributed by atoms with Crippen LogP contribution in [0, 0.1) is 6.92 Å². The lowest BCUT2D eigenvalue weighted by atomic mass is 10.0. The number of nitrogens with one attached hydrogen (secondary N) is 2. The van der Waals surface area contributed by atoms with Gasteiger partial charge in [-0.2, -0.15) is 4.98 Å². The maximum atomic E-state index is 11.8. The second-order valence-corrected chi connectivity index (χ2v) is 7.47. The van der Waals surface area contributed by atoms with E-state index in [1.807, 2.05) is 6.92 Å². The summed E-state index contributed by atoms with van der Waals surface area (Å²) in [7, 11) is 0. The molecule has 3 rings (SSSR count). The topological polar surface area (TPSA) is 70.7 Å². The Balaban J connectivity index is 2.49. The summed E-state index contributed by atoms with van der Waals surface area (Å²) < 4.78 is 0. The minimum absolute atomic E-state index is 0.267. The fourth-order valence-corrected chi connectivity index (χ4v) is 3.61. The number of aromatic nitrogens is 3. The highest BCUT2D eigenvalue weighted by atomic mass is 35.5. The van der Waals surface area contributed by atoms with Gasteiger partial charge in [-0.1, -0.05) is 23.2 Å². The Hall–Kier alpha value is -1.27. The SMILES string of the molecule is Cc1[nH]c(=O)nc2nc3cc(Cl)cc(Cl)c3c(NC(C)(CCl)CCl)c12. The molecular weight excluding hydrogens is 406 g/mol. The number of fused-ring (bicyclic) bond motifs is 2. The van der Waals surface area contributed by atoms with Crippen LogP contribution in [0.15, 0.2) is 16.9 Å². The number of halogens is 4. The number of anilines is 1. The quantitative estimate of drug-likeness (QED) is 0.473. The van der Waals surface area contributed by atoms with Gasteiger partial charge in [0.2, 0.25) is 0 Å². The van der Waals surface area contributed by atoms with Gasteiger partial charge in [-0.05, 0) is 26.0 Å². The van der Waals surface area contributed by atoms with Crippen molar-refractivity contribution in [2.75, 3.05) is 17.1 Å². The molecule has 0 saturated carbocycles. The minimum Gasteiger partial charge on any atom is -0.376 e. The molecule has 2 heterocycles. The molecule has 9 heteroatoms. The number of rotatable bonds is 4. The van der Waals surface area contributed by atoms with Crippen molar-refractivity contribution >= 4 is 74.0 Å². The van der Waals surface area contributed by atoms with Crippen molar-refractivity contribution in [2.24, 2.45) is 0 Å². The van der Waals surface area contributed by atoms with E-state index in [2.05, 4.69) is 20.3 Å². The van der Waals surface area contributed by atoms with Gasteiger partial charge >= 0.3 is 5.69 Å². The standard InChI is InChI=1S/C16H14Cl4N4O/c1-7-11-13(24-16(2,5-17)6-18)12-9(20)3-8(19)4-10(12)22-14(11)23-15(25)21-7/h3-4H,5-6H2,1-2H3,(H2,21,22,23,24,25). The molecule has 3 aromatic rings. The Morgan fingerprint density at radius 1 is 1.16 bits per heavy atom. The monoisotopic (exact) mass is 418 g/mol. The Kier molecular flexibility index (Phi) is 5.04. The number of benzene rings is 1. The molecule has 2 N–H and O–H groups in total. The second-order valence-electron chi connectivity index (χ2n) is 6.09. The van der Waals surface area contributed by atoms with Crippen LogP contribution >= 0.6 is 46.4 Å². The lowest BCUT2D eigenvalue weighted by Gasteiger charge is -2.29. The van der Waals surface area contributed by atoms with E-state index in [0.717, 1.165) is 0 Å². The van der Waals surface area contributed by atoms with Gasteiger partial charge in [-0.3, -0.25) is 0 Å². The third kappa shape index (κ3) is 3.38. The zero-order chi connectivity index (χ0) is 18.4. The minimum atomic E-state index is -0.601. The average molecular weight is 420 g/mol. The summed E-state index contributed by atoms with van der Waals surface area (Å²) in [6.07, 6.45) is 0. The lowest BCUT2D eigenvalue weighted by Crippen LogP contribution is -2.39. The molecule has 0 spiro atoms. The molecule has 2 aromatic heterocycles. The zero-order valence-electron chi connectivity index (χ0n) is 13.4. The van der Waals surface area contributed by atoms with Crippen LogP contribution < -0.4 is 11.0 Å². The smallest absolute Gasteiger partial charge is 0.347 e. The summed E-state index contributed by atoms with van der Waals surface area (Å²) in [5.74, 6) is 0.533. The van der Waals surface area contributed by atoms with Crippen LogP contribution in [-0.4, -0.2) is 32.3 Å². The highest BCUT2D eigenvalue weighted by molar-refractivity contribution is 6.40. The van der Waals surface area contributed by atoms with Crippen LogP contribution in [0.5, 0.6) is 0 Å². The Bertz CT molecular complexity index is 1030. The third-order valence-corrected chi connectivity index (χ3v) is 5.57. The first kappa shape index (κ1) is 18.5. The maximum Gasteiger partial charge on any atom is 0.347 e. The molecule has 5 nitrogen and oxygen atoms in total. The molecule has 25 heavy (non-hydrogen) atoms. The normalized spacial score (nSPS) is 12.1. The number of aromatic amines is 1. The molecule has 0 aliphatic heterocycles. The molecule has 0 saturated heterocycles. The van der Waals surface area contributed by atoms with Crippen molar-refractivity contribution in [3.05, 3.63) is 38.4 Å². The first-order valence-electron chi connectivity index (χ1n) is 7.37. The predicted molar refractivity (Wildman–Crippen MR) is 106 cm³/mol.